The molecule has 1 aromatic heterocycles. The molecule has 0 aliphatic carbocycles. The van der Waals surface area contributed by atoms with Crippen LogP contribution in [0, 0.1) is 6.92 Å². The third-order valence-electron chi connectivity index (χ3n) is 2.73. The molecule has 2 rings (SSSR count). The molecule has 0 bridgehead atoms. The summed E-state index contributed by atoms with van der Waals surface area (Å²) in [5.41, 5.74) is 2.31. The maximum absolute atomic E-state index is 4.57. The highest BCUT2D eigenvalue weighted by Crippen LogP contribution is 2.16. The second-order valence-corrected chi connectivity index (χ2v) is 4.20. The summed E-state index contributed by atoms with van der Waals surface area (Å²) in [4.78, 5) is 4.57. The van der Waals surface area contributed by atoms with Gasteiger partial charge in [-0.2, -0.15) is 5.10 Å². The van der Waals surface area contributed by atoms with Crippen LogP contribution in [-0.2, 0) is 13.5 Å². The van der Waals surface area contributed by atoms with Gasteiger partial charge in [0.25, 0.3) is 0 Å². The van der Waals surface area contributed by atoms with Crippen LogP contribution in [0.3, 0.4) is 0 Å². The molecule has 0 amide bonds. The third kappa shape index (κ3) is 2.71. The van der Waals surface area contributed by atoms with Crippen LogP contribution in [0.15, 0.2) is 24.3 Å². The molecule has 0 radical (unpaired) electrons. The second kappa shape index (κ2) is 5.10. The molecule has 1 aromatic carbocycles. The maximum atomic E-state index is 4.57. The molecule has 0 saturated carbocycles. The van der Waals surface area contributed by atoms with Crippen LogP contribution >= 0.6 is 0 Å². The van der Waals surface area contributed by atoms with Crippen molar-refractivity contribution in [1.82, 2.24) is 20.1 Å². The molecule has 4 nitrogen and oxygen atoms in total. The number of rotatable bonds is 4. The summed E-state index contributed by atoms with van der Waals surface area (Å²) < 4.78 is 1.86. The van der Waals surface area contributed by atoms with Crippen molar-refractivity contribution < 1.29 is 0 Å². The lowest BCUT2D eigenvalue weighted by Crippen LogP contribution is -2.13. The predicted molar refractivity (Wildman–Crippen MR) is 68.8 cm³/mol. The molecule has 0 aliphatic heterocycles. The Labute approximate surface area is 102 Å². The van der Waals surface area contributed by atoms with Crippen LogP contribution in [0.4, 0.5) is 0 Å². The summed E-state index contributed by atoms with van der Waals surface area (Å²) >= 11 is 0. The largest absolute Gasteiger partial charge is 0.319 e. The molecule has 0 aliphatic rings. The zero-order valence-electron chi connectivity index (χ0n) is 10.6. The van der Waals surface area contributed by atoms with E-state index in [9.17, 15) is 0 Å². The van der Waals surface area contributed by atoms with Gasteiger partial charge in [0.2, 0.25) is 0 Å². The van der Waals surface area contributed by atoms with Crippen molar-refractivity contribution in [2.45, 2.75) is 13.3 Å². The highest BCUT2D eigenvalue weighted by atomic mass is 15.3. The Morgan fingerprint density at radius 3 is 2.88 bits per heavy atom. The van der Waals surface area contributed by atoms with Gasteiger partial charge in [-0.3, -0.25) is 4.68 Å². The van der Waals surface area contributed by atoms with Gasteiger partial charge in [-0.1, -0.05) is 23.8 Å². The molecular formula is C13H18N4. The van der Waals surface area contributed by atoms with Gasteiger partial charge in [-0.05, 0) is 20.0 Å². The number of aryl methyl sites for hydroxylation is 2. The highest BCUT2D eigenvalue weighted by Gasteiger charge is 2.08. The number of aromatic nitrogens is 3. The summed E-state index contributed by atoms with van der Waals surface area (Å²) in [6.07, 6.45) is 0.895. The van der Waals surface area contributed by atoms with E-state index in [1.54, 1.807) is 0 Å². The monoisotopic (exact) mass is 230 g/mol. The van der Waals surface area contributed by atoms with Crippen molar-refractivity contribution in [2.24, 2.45) is 7.05 Å². The summed E-state index contributed by atoms with van der Waals surface area (Å²) in [6.45, 7) is 2.99. The van der Waals surface area contributed by atoms with E-state index < -0.39 is 0 Å². The Bertz CT molecular complexity index is 502. The minimum absolute atomic E-state index is 0.808. The summed E-state index contributed by atoms with van der Waals surface area (Å²) in [5.74, 6) is 1.82. The Hall–Kier alpha value is -1.68. The number of nitrogens with one attached hydrogen (secondary N) is 1. The Morgan fingerprint density at radius 1 is 1.35 bits per heavy atom. The molecule has 2 aromatic rings. The van der Waals surface area contributed by atoms with Crippen LogP contribution in [0.25, 0.3) is 11.4 Å². The van der Waals surface area contributed by atoms with Crippen molar-refractivity contribution in [3.63, 3.8) is 0 Å². The summed E-state index contributed by atoms with van der Waals surface area (Å²) in [6, 6.07) is 8.27. The van der Waals surface area contributed by atoms with Gasteiger partial charge in [0.15, 0.2) is 5.82 Å². The fourth-order valence-corrected chi connectivity index (χ4v) is 1.78. The number of benzene rings is 1. The predicted octanol–water partition coefficient (Wildman–Crippen LogP) is 1.55. The van der Waals surface area contributed by atoms with Crippen LogP contribution in [0.2, 0.25) is 0 Å². The second-order valence-electron chi connectivity index (χ2n) is 4.20. The van der Waals surface area contributed by atoms with Crippen molar-refractivity contribution >= 4 is 0 Å². The molecule has 0 spiro atoms. The zero-order chi connectivity index (χ0) is 12.3. The van der Waals surface area contributed by atoms with Crippen LogP contribution in [0.5, 0.6) is 0 Å². The van der Waals surface area contributed by atoms with Crippen LogP contribution in [0.1, 0.15) is 11.4 Å². The summed E-state index contributed by atoms with van der Waals surface area (Å²) in [7, 11) is 3.88. The molecule has 0 saturated heterocycles. The molecule has 0 atom stereocenters. The number of hydrogen-bond donors (Lipinski definition) is 1. The average molecular weight is 230 g/mol. The van der Waals surface area contributed by atoms with E-state index >= 15 is 0 Å². The first kappa shape index (κ1) is 11.8. The van der Waals surface area contributed by atoms with Crippen molar-refractivity contribution in [3.05, 3.63) is 35.7 Å². The maximum Gasteiger partial charge on any atom is 0.181 e. The molecule has 0 fully saturated rings. The molecule has 90 valence electrons. The lowest BCUT2D eigenvalue weighted by molar-refractivity contribution is 0.671. The minimum atomic E-state index is 0.808. The van der Waals surface area contributed by atoms with Gasteiger partial charge < -0.3 is 5.32 Å². The van der Waals surface area contributed by atoms with Crippen molar-refractivity contribution in [1.29, 1.82) is 0 Å². The van der Waals surface area contributed by atoms with E-state index in [1.165, 1.54) is 5.56 Å². The lowest BCUT2D eigenvalue weighted by atomic mass is 10.1. The van der Waals surface area contributed by atoms with E-state index in [1.807, 2.05) is 30.9 Å². The Kier molecular flexibility index (Phi) is 3.54. The molecule has 4 heteroatoms. The summed E-state index contributed by atoms with van der Waals surface area (Å²) in [5, 5.41) is 7.57. The highest BCUT2D eigenvalue weighted by molar-refractivity contribution is 5.55. The topological polar surface area (TPSA) is 42.7 Å². The fraction of sp³-hybridized carbons (Fsp3) is 0.385. The third-order valence-corrected chi connectivity index (χ3v) is 2.73. The number of likely N-dealkylation sites (N-methyl/N-ethyl adjacent to an activating group) is 1. The van der Waals surface area contributed by atoms with Crippen molar-refractivity contribution in [2.75, 3.05) is 13.6 Å². The molecule has 17 heavy (non-hydrogen) atoms. The lowest BCUT2D eigenvalue weighted by Gasteiger charge is -1.97. The van der Waals surface area contributed by atoms with E-state index in [0.29, 0.717) is 0 Å². The van der Waals surface area contributed by atoms with Gasteiger partial charge in [-0.15, -0.1) is 0 Å². The zero-order valence-corrected chi connectivity index (χ0v) is 10.6. The van der Waals surface area contributed by atoms with Crippen LogP contribution in [-0.4, -0.2) is 28.4 Å². The van der Waals surface area contributed by atoms with E-state index in [-0.39, 0.29) is 0 Å². The van der Waals surface area contributed by atoms with Gasteiger partial charge in [-0.25, -0.2) is 4.98 Å². The molecular weight excluding hydrogens is 212 g/mol. The molecule has 1 N–H and O–H groups in total. The quantitative estimate of drug-likeness (QED) is 0.866. The smallest absolute Gasteiger partial charge is 0.181 e. The average Bonchev–Trinajstić information content (AvgIpc) is 2.68. The number of hydrogen-bond acceptors (Lipinski definition) is 3. The molecule has 0 unspecified atom stereocenters. The van der Waals surface area contributed by atoms with E-state index in [0.717, 1.165) is 30.2 Å². The number of nitrogens with zero attached hydrogens (tertiary/aromatic N) is 3. The fourth-order valence-electron chi connectivity index (χ4n) is 1.78. The van der Waals surface area contributed by atoms with Crippen molar-refractivity contribution in [3.8, 4) is 11.4 Å². The normalized spacial score (nSPS) is 10.8. The Balaban J connectivity index is 2.28. The standard InChI is InChI=1S/C13H18N4/c1-10-5-4-6-11(9-10)13-15-12(7-8-14-2)17(3)16-13/h4-6,9,14H,7-8H2,1-3H3. The van der Waals surface area contributed by atoms with Gasteiger partial charge in [0, 0.05) is 25.6 Å². The first-order valence-electron chi connectivity index (χ1n) is 5.82. The van der Waals surface area contributed by atoms with Crippen LogP contribution < -0.4 is 5.32 Å². The van der Waals surface area contributed by atoms with Gasteiger partial charge in [0.1, 0.15) is 5.82 Å². The first-order chi connectivity index (χ1) is 8.20. The van der Waals surface area contributed by atoms with E-state index in [2.05, 4.69) is 34.5 Å². The SMILES string of the molecule is CNCCc1nc(-c2cccc(C)c2)nn1C. The van der Waals surface area contributed by atoms with E-state index in [4.69, 9.17) is 0 Å². The minimum Gasteiger partial charge on any atom is -0.319 e. The van der Waals surface area contributed by atoms with Gasteiger partial charge in [0.05, 0.1) is 0 Å². The van der Waals surface area contributed by atoms with Gasteiger partial charge >= 0.3 is 0 Å². The first-order valence-corrected chi connectivity index (χ1v) is 5.82. The Morgan fingerprint density at radius 2 is 2.18 bits per heavy atom. The molecule has 1 heterocycles.